The van der Waals surface area contributed by atoms with Gasteiger partial charge in [-0.15, -0.1) is 0 Å². The number of hydrogen-bond acceptors (Lipinski definition) is 3. The summed E-state index contributed by atoms with van der Waals surface area (Å²) in [5, 5.41) is 4.13. The average molecular weight is 362 g/mol. The van der Waals surface area contributed by atoms with E-state index in [1.54, 1.807) is 7.05 Å². The molecule has 2 fully saturated rings. The van der Waals surface area contributed by atoms with E-state index in [9.17, 15) is 0 Å². The Bertz CT molecular complexity index is 588. The molecule has 0 bridgehead atoms. The van der Waals surface area contributed by atoms with Crippen LogP contribution in [0.15, 0.2) is 44.6 Å². The number of aliphatic imine (C=N–C) groups is 2. The lowest BCUT2D eigenvalue weighted by Crippen LogP contribution is -2.30. The van der Waals surface area contributed by atoms with Crippen molar-refractivity contribution in [3.8, 4) is 0 Å². The maximum Gasteiger partial charge on any atom is 0.119 e. The standard InChI is InChI=1S/C21H32ClN3/c1-5-20(22)21(19(14-23-4)15(2)13-17-11-12-17)25-16(3)24-18-9-7-6-8-10-18/h5,14,17-18,24H,3,6-13H2,1-2,4H3/b19-15?,20-5+,23-14?,25-21?. The van der Waals surface area contributed by atoms with Crippen LogP contribution in [0, 0.1) is 5.92 Å². The first-order valence-electron chi connectivity index (χ1n) is 9.53. The van der Waals surface area contributed by atoms with Crippen LogP contribution in [0.3, 0.4) is 0 Å². The van der Waals surface area contributed by atoms with E-state index >= 15 is 0 Å². The number of allylic oxidation sites excluding steroid dienone is 4. The third-order valence-corrected chi connectivity index (χ3v) is 5.36. The minimum absolute atomic E-state index is 0.482. The van der Waals surface area contributed by atoms with Crippen LogP contribution in [0.1, 0.15) is 65.2 Å². The molecule has 2 aliphatic rings. The molecule has 3 nitrogen and oxygen atoms in total. The molecule has 0 atom stereocenters. The zero-order chi connectivity index (χ0) is 18.2. The summed E-state index contributed by atoms with van der Waals surface area (Å²) < 4.78 is 0. The summed E-state index contributed by atoms with van der Waals surface area (Å²) in [4.78, 5) is 9.02. The summed E-state index contributed by atoms with van der Waals surface area (Å²) in [5.41, 5.74) is 3.11. The van der Waals surface area contributed by atoms with Gasteiger partial charge in [-0.05, 0) is 51.9 Å². The van der Waals surface area contributed by atoms with Gasteiger partial charge in [-0.2, -0.15) is 0 Å². The quantitative estimate of drug-likeness (QED) is 0.546. The normalized spacial score (nSPS) is 21.4. The van der Waals surface area contributed by atoms with Crippen molar-refractivity contribution in [1.82, 2.24) is 5.32 Å². The SMILES string of the molecule is C=C(N=C(C(C=NC)=C(C)CC1CC1)/C(Cl)=C\C)NC1CCCCC1. The Kier molecular flexibility index (Phi) is 7.95. The fourth-order valence-electron chi connectivity index (χ4n) is 3.40. The van der Waals surface area contributed by atoms with Gasteiger partial charge in [-0.25, -0.2) is 4.99 Å². The molecule has 0 amide bonds. The highest BCUT2D eigenvalue weighted by molar-refractivity contribution is 6.48. The zero-order valence-corrected chi connectivity index (χ0v) is 16.7. The molecule has 0 spiro atoms. The molecule has 138 valence electrons. The molecule has 1 N–H and O–H groups in total. The first kappa shape index (κ1) is 20.0. The monoisotopic (exact) mass is 361 g/mol. The number of rotatable bonds is 8. The number of nitrogens with one attached hydrogen (secondary N) is 1. The molecule has 0 aromatic rings. The highest BCUT2D eigenvalue weighted by Crippen LogP contribution is 2.36. The zero-order valence-electron chi connectivity index (χ0n) is 15.9. The predicted molar refractivity (Wildman–Crippen MR) is 111 cm³/mol. The van der Waals surface area contributed by atoms with Crippen molar-refractivity contribution in [2.45, 2.75) is 71.3 Å². The second-order valence-electron chi connectivity index (χ2n) is 7.25. The smallest absolute Gasteiger partial charge is 0.119 e. The Morgan fingerprint density at radius 3 is 2.44 bits per heavy atom. The highest BCUT2D eigenvalue weighted by atomic mass is 35.5. The van der Waals surface area contributed by atoms with Crippen LogP contribution in [0.2, 0.25) is 0 Å². The maximum absolute atomic E-state index is 6.51. The number of halogens is 1. The molecule has 0 aromatic carbocycles. The van der Waals surface area contributed by atoms with Crippen LogP contribution >= 0.6 is 11.6 Å². The third-order valence-electron chi connectivity index (χ3n) is 4.97. The van der Waals surface area contributed by atoms with Gasteiger partial charge in [0.05, 0.1) is 10.7 Å². The van der Waals surface area contributed by atoms with Crippen LogP contribution in [0.25, 0.3) is 0 Å². The molecular formula is C21H32ClN3. The van der Waals surface area contributed by atoms with E-state index in [0.717, 1.165) is 23.6 Å². The molecule has 0 radical (unpaired) electrons. The molecule has 0 aliphatic heterocycles. The Labute approximate surface area is 158 Å². The highest BCUT2D eigenvalue weighted by Gasteiger charge is 2.23. The van der Waals surface area contributed by atoms with E-state index in [2.05, 4.69) is 23.8 Å². The van der Waals surface area contributed by atoms with Crippen molar-refractivity contribution in [1.29, 1.82) is 0 Å². The Balaban J connectivity index is 2.23. The van der Waals surface area contributed by atoms with Crippen molar-refractivity contribution in [3.63, 3.8) is 0 Å². The molecule has 0 saturated heterocycles. The van der Waals surface area contributed by atoms with Gasteiger partial charge in [0.2, 0.25) is 0 Å². The van der Waals surface area contributed by atoms with Gasteiger partial charge in [0.1, 0.15) is 5.82 Å². The summed E-state index contributed by atoms with van der Waals surface area (Å²) >= 11 is 6.51. The molecule has 4 heteroatoms. The Morgan fingerprint density at radius 1 is 1.20 bits per heavy atom. The Morgan fingerprint density at radius 2 is 1.88 bits per heavy atom. The van der Waals surface area contributed by atoms with Gasteiger partial charge < -0.3 is 5.32 Å². The first-order chi connectivity index (χ1) is 12.0. The number of hydrogen-bond donors (Lipinski definition) is 1. The van der Waals surface area contributed by atoms with Crippen LogP contribution in [0.5, 0.6) is 0 Å². The van der Waals surface area contributed by atoms with Gasteiger partial charge in [0.15, 0.2) is 0 Å². The van der Waals surface area contributed by atoms with E-state index in [0.29, 0.717) is 16.9 Å². The van der Waals surface area contributed by atoms with E-state index < -0.39 is 0 Å². The van der Waals surface area contributed by atoms with Crippen molar-refractivity contribution in [3.05, 3.63) is 34.7 Å². The average Bonchev–Trinajstić information content (AvgIpc) is 3.42. The molecule has 25 heavy (non-hydrogen) atoms. The second-order valence-corrected chi connectivity index (χ2v) is 7.66. The topological polar surface area (TPSA) is 36.8 Å². The molecule has 2 saturated carbocycles. The maximum atomic E-state index is 6.51. The lowest BCUT2D eigenvalue weighted by Gasteiger charge is -2.24. The van der Waals surface area contributed by atoms with Gasteiger partial charge in [-0.3, -0.25) is 4.99 Å². The summed E-state index contributed by atoms with van der Waals surface area (Å²) in [6.07, 6.45) is 13.8. The van der Waals surface area contributed by atoms with Crippen molar-refractivity contribution < 1.29 is 0 Å². The molecule has 2 aliphatic carbocycles. The van der Waals surface area contributed by atoms with Gasteiger partial charge in [-0.1, -0.05) is 49.1 Å². The largest absolute Gasteiger partial charge is 0.368 e. The van der Waals surface area contributed by atoms with Crippen LogP contribution in [-0.4, -0.2) is 25.0 Å². The van der Waals surface area contributed by atoms with Crippen LogP contribution in [0.4, 0.5) is 0 Å². The minimum atomic E-state index is 0.482. The van der Waals surface area contributed by atoms with Crippen LogP contribution in [-0.2, 0) is 0 Å². The van der Waals surface area contributed by atoms with Crippen molar-refractivity contribution in [2.75, 3.05) is 7.05 Å². The Hall–Kier alpha value is -1.35. The summed E-state index contributed by atoms with van der Waals surface area (Å²) in [7, 11) is 1.79. The van der Waals surface area contributed by atoms with Crippen LogP contribution < -0.4 is 5.32 Å². The number of nitrogens with zero attached hydrogens (tertiary/aromatic N) is 2. The van der Waals surface area contributed by atoms with Crippen molar-refractivity contribution >= 4 is 23.5 Å². The summed E-state index contributed by atoms with van der Waals surface area (Å²) in [6.45, 7) is 8.23. The lowest BCUT2D eigenvalue weighted by atomic mass is 9.95. The van der Waals surface area contributed by atoms with E-state index in [4.69, 9.17) is 16.6 Å². The first-order valence-corrected chi connectivity index (χ1v) is 9.91. The van der Waals surface area contributed by atoms with Gasteiger partial charge in [0, 0.05) is 24.9 Å². The summed E-state index contributed by atoms with van der Waals surface area (Å²) in [5.74, 6) is 1.51. The molecular weight excluding hydrogens is 330 g/mol. The predicted octanol–water partition coefficient (Wildman–Crippen LogP) is 5.78. The van der Waals surface area contributed by atoms with Gasteiger partial charge >= 0.3 is 0 Å². The van der Waals surface area contributed by atoms with E-state index in [1.165, 1.54) is 50.5 Å². The second kappa shape index (κ2) is 9.96. The fraction of sp³-hybridized carbons (Fsp3) is 0.619. The lowest BCUT2D eigenvalue weighted by molar-refractivity contribution is 0.396. The molecule has 2 rings (SSSR count). The third kappa shape index (κ3) is 6.47. The minimum Gasteiger partial charge on any atom is -0.368 e. The summed E-state index contributed by atoms with van der Waals surface area (Å²) in [6, 6.07) is 0.482. The van der Waals surface area contributed by atoms with Crippen molar-refractivity contribution in [2.24, 2.45) is 15.9 Å². The fourth-order valence-corrected chi connectivity index (χ4v) is 3.54. The van der Waals surface area contributed by atoms with E-state index in [1.807, 2.05) is 19.2 Å². The molecule has 0 aromatic heterocycles. The molecule has 0 heterocycles. The molecule has 0 unspecified atom stereocenters. The van der Waals surface area contributed by atoms with Gasteiger partial charge in [0.25, 0.3) is 0 Å². The van der Waals surface area contributed by atoms with E-state index in [-0.39, 0.29) is 0 Å².